The summed E-state index contributed by atoms with van der Waals surface area (Å²) < 4.78 is 6.61. The number of fused-ring (bicyclic) bond motifs is 5. The number of esters is 1. The molecule has 142 valence electrons. The van der Waals surface area contributed by atoms with E-state index in [9.17, 15) is 19.8 Å². The maximum Gasteiger partial charge on any atom is 0.343 e. The van der Waals surface area contributed by atoms with Crippen LogP contribution in [0.25, 0.3) is 22.3 Å². The SMILES string of the molecule is CCC1(O)C(=O)OCc2c1cc1n(c2=O)Cc2cc3c(Cl)c(O)ccc3nc2-1. The van der Waals surface area contributed by atoms with Gasteiger partial charge in [-0.2, -0.15) is 0 Å². The smallest absolute Gasteiger partial charge is 0.343 e. The van der Waals surface area contributed by atoms with Crippen LogP contribution in [0.5, 0.6) is 5.75 Å². The zero-order chi connectivity index (χ0) is 19.8. The third-order valence-corrected chi connectivity index (χ3v) is 6.00. The number of carbonyl (C=O) groups is 1. The number of aliphatic hydroxyl groups is 1. The van der Waals surface area contributed by atoms with Gasteiger partial charge in [0.15, 0.2) is 5.60 Å². The van der Waals surface area contributed by atoms with Crippen LogP contribution in [0.1, 0.15) is 30.0 Å². The van der Waals surface area contributed by atoms with Gasteiger partial charge in [0.2, 0.25) is 0 Å². The molecule has 2 aromatic heterocycles. The number of phenols is 1. The molecule has 1 atom stereocenters. The first-order valence-corrected chi connectivity index (χ1v) is 9.21. The third kappa shape index (κ3) is 2.05. The lowest BCUT2D eigenvalue weighted by Gasteiger charge is -2.31. The number of rotatable bonds is 1. The minimum atomic E-state index is -1.85. The fourth-order valence-electron chi connectivity index (χ4n) is 4.01. The number of nitrogens with zero attached hydrogens (tertiary/aromatic N) is 2. The van der Waals surface area contributed by atoms with Crippen molar-refractivity contribution in [2.45, 2.75) is 32.1 Å². The second kappa shape index (κ2) is 5.56. The first kappa shape index (κ1) is 17.2. The van der Waals surface area contributed by atoms with Gasteiger partial charge >= 0.3 is 5.97 Å². The molecule has 0 bridgehead atoms. The minimum Gasteiger partial charge on any atom is -0.506 e. The van der Waals surface area contributed by atoms with Crippen molar-refractivity contribution in [2.24, 2.45) is 0 Å². The van der Waals surface area contributed by atoms with Gasteiger partial charge in [-0.05, 0) is 30.7 Å². The number of cyclic esters (lactones) is 1. The Morgan fingerprint density at radius 1 is 1.32 bits per heavy atom. The monoisotopic (exact) mass is 398 g/mol. The molecule has 28 heavy (non-hydrogen) atoms. The Morgan fingerprint density at radius 2 is 2.11 bits per heavy atom. The van der Waals surface area contributed by atoms with Crippen molar-refractivity contribution in [1.29, 1.82) is 0 Å². The van der Waals surface area contributed by atoms with Gasteiger partial charge in [0.1, 0.15) is 12.4 Å². The van der Waals surface area contributed by atoms with Gasteiger partial charge < -0.3 is 19.5 Å². The highest BCUT2D eigenvalue weighted by Crippen LogP contribution is 2.40. The first-order chi connectivity index (χ1) is 13.3. The van der Waals surface area contributed by atoms with Crippen LogP contribution in [0, 0.1) is 0 Å². The van der Waals surface area contributed by atoms with E-state index >= 15 is 0 Å². The van der Waals surface area contributed by atoms with Gasteiger partial charge in [-0.3, -0.25) is 4.79 Å². The Morgan fingerprint density at radius 3 is 2.86 bits per heavy atom. The average Bonchev–Trinajstić information content (AvgIpc) is 3.05. The van der Waals surface area contributed by atoms with Crippen molar-refractivity contribution in [3.8, 4) is 17.1 Å². The highest BCUT2D eigenvalue weighted by Gasteiger charge is 2.45. The number of hydrogen-bond acceptors (Lipinski definition) is 6. The van der Waals surface area contributed by atoms with E-state index in [4.69, 9.17) is 16.3 Å². The number of benzene rings is 1. The van der Waals surface area contributed by atoms with Crippen LogP contribution in [0.2, 0.25) is 5.02 Å². The molecule has 4 heterocycles. The first-order valence-electron chi connectivity index (χ1n) is 8.83. The quantitative estimate of drug-likeness (QED) is 0.477. The predicted molar refractivity (Wildman–Crippen MR) is 101 cm³/mol. The van der Waals surface area contributed by atoms with Crippen LogP contribution in [0.3, 0.4) is 0 Å². The lowest BCUT2D eigenvalue weighted by atomic mass is 9.86. The molecule has 0 radical (unpaired) electrons. The average molecular weight is 399 g/mol. The van der Waals surface area contributed by atoms with E-state index in [0.29, 0.717) is 22.3 Å². The molecular formula is C20H15ClN2O5. The molecule has 5 rings (SSSR count). The van der Waals surface area contributed by atoms with Gasteiger partial charge in [0, 0.05) is 16.5 Å². The fraction of sp³-hybridized carbons (Fsp3) is 0.250. The van der Waals surface area contributed by atoms with E-state index in [2.05, 4.69) is 4.98 Å². The summed E-state index contributed by atoms with van der Waals surface area (Å²) in [4.78, 5) is 29.9. The summed E-state index contributed by atoms with van der Waals surface area (Å²) in [6, 6.07) is 6.58. The third-order valence-electron chi connectivity index (χ3n) is 5.61. The van der Waals surface area contributed by atoms with Gasteiger partial charge in [-0.25, -0.2) is 9.78 Å². The van der Waals surface area contributed by atoms with Crippen molar-refractivity contribution >= 4 is 28.5 Å². The molecule has 0 aliphatic carbocycles. The van der Waals surface area contributed by atoms with Crippen LogP contribution in [0.15, 0.2) is 29.1 Å². The number of phenolic OH excluding ortho intramolecular Hbond substituents is 1. The Kier molecular flexibility index (Phi) is 3.42. The van der Waals surface area contributed by atoms with Gasteiger partial charge in [0.05, 0.1) is 34.0 Å². The second-order valence-electron chi connectivity index (χ2n) is 7.06. The van der Waals surface area contributed by atoms with Crippen molar-refractivity contribution in [2.75, 3.05) is 0 Å². The zero-order valence-corrected chi connectivity index (χ0v) is 15.6. The van der Waals surface area contributed by atoms with Crippen LogP contribution in [0.4, 0.5) is 0 Å². The predicted octanol–water partition coefficient (Wildman–Crippen LogP) is 2.44. The number of aromatic hydroxyl groups is 1. The molecule has 1 unspecified atom stereocenters. The molecule has 0 spiro atoms. The molecule has 0 saturated carbocycles. The van der Waals surface area contributed by atoms with E-state index in [1.54, 1.807) is 29.7 Å². The van der Waals surface area contributed by atoms with E-state index < -0.39 is 11.6 Å². The molecule has 0 fully saturated rings. The van der Waals surface area contributed by atoms with Crippen molar-refractivity contribution in [3.05, 3.63) is 56.3 Å². The number of aromatic nitrogens is 2. The molecule has 8 heteroatoms. The molecule has 2 aliphatic heterocycles. The Hall–Kier alpha value is -2.90. The van der Waals surface area contributed by atoms with E-state index in [-0.39, 0.29) is 47.0 Å². The summed E-state index contributed by atoms with van der Waals surface area (Å²) in [5, 5.41) is 21.5. The minimum absolute atomic E-state index is 0.0391. The summed E-state index contributed by atoms with van der Waals surface area (Å²) >= 11 is 6.20. The summed E-state index contributed by atoms with van der Waals surface area (Å²) in [5.74, 6) is -0.790. The summed E-state index contributed by atoms with van der Waals surface area (Å²) in [6.07, 6.45) is 0.0919. The summed E-state index contributed by atoms with van der Waals surface area (Å²) in [5.41, 5.74) is 0.858. The maximum atomic E-state index is 13.1. The standard InChI is InChI=1S/C20H15ClN2O5/c1-2-20(27)12-6-14-17-9(5-10-13(22-17)3-4-15(24)16(10)21)7-23(14)18(25)11(12)8-28-19(20)26/h3-6,24,27H,2,7-8H2,1H3. The van der Waals surface area contributed by atoms with Crippen LogP contribution < -0.4 is 5.56 Å². The Labute approximate surface area is 163 Å². The lowest BCUT2D eigenvalue weighted by molar-refractivity contribution is -0.172. The van der Waals surface area contributed by atoms with Crippen molar-refractivity contribution < 1.29 is 19.7 Å². The van der Waals surface area contributed by atoms with Crippen LogP contribution >= 0.6 is 11.6 Å². The molecule has 2 aliphatic rings. The largest absolute Gasteiger partial charge is 0.506 e. The van der Waals surface area contributed by atoms with E-state index in [1.807, 2.05) is 0 Å². The van der Waals surface area contributed by atoms with Gasteiger partial charge in [-0.15, -0.1) is 0 Å². The number of hydrogen-bond donors (Lipinski definition) is 2. The summed E-state index contributed by atoms with van der Waals surface area (Å²) in [6.45, 7) is 1.78. The van der Waals surface area contributed by atoms with Crippen LogP contribution in [-0.4, -0.2) is 25.7 Å². The van der Waals surface area contributed by atoms with E-state index in [0.717, 1.165) is 5.56 Å². The Balaban J connectivity index is 1.80. The maximum absolute atomic E-state index is 13.1. The fourth-order valence-corrected chi connectivity index (χ4v) is 4.22. The van der Waals surface area contributed by atoms with Gasteiger partial charge in [-0.1, -0.05) is 18.5 Å². The topological polar surface area (TPSA) is 102 Å². The highest BCUT2D eigenvalue weighted by atomic mass is 35.5. The number of halogens is 1. The highest BCUT2D eigenvalue weighted by molar-refractivity contribution is 6.36. The molecule has 2 N–H and O–H groups in total. The van der Waals surface area contributed by atoms with Crippen molar-refractivity contribution in [1.82, 2.24) is 9.55 Å². The number of pyridine rings is 2. The molecular weight excluding hydrogens is 384 g/mol. The van der Waals surface area contributed by atoms with E-state index in [1.165, 1.54) is 6.07 Å². The molecule has 7 nitrogen and oxygen atoms in total. The number of carbonyl (C=O) groups excluding carboxylic acids is 1. The molecule has 3 aromatic rings. The number of ether oxygens (including phenoxy) is 1. The molecule has 0 saturated heterocycles. The van der Waals surface area contributed by atoms with Crippen molar-refractivity contribution in [3.63, 3.8) is 0 Å². The van der Waals surface area contributed by atoms with Crippen LogP contribution in [-0.2, 0) is 28.3 Å². The van der Waals surface area contributed by atoms with Gasteiger partial charge in [0.25, 0.3) is 5.56 Å². The Bertz CT molecular complexity index is 1270. The molecule has 1 aromatic carbocycles. The summed E-state index contributed by atoms with van der Waals surface area (Å²) in [7, 11) is 0. The second-order valence-corrected chi connectivity index (χ2v) is 7.44. The normalized spacial score (nSPS) is 19.9. The zero-order valence-electron chi connectivity index (χ0n) is 14.8. The lowest BCUT2D eigenvalue weighted by Crippen LogP contribution is -2.44. The molecule has 0 amide bonds.